The van der Waals surface area contributed by atoms with E-state index in [1.54, 1.807) is 18.2 Å². The zero-order valence-electron chi connectivity index (χ0n) is 16.1. The Hall–Kier alpha value is -2.48. The Morgan fingerprint density at radius 1 is 1.06 bits per heavy atom. The van der Waals surface area contributed by atoms with Crippen molar-refractivity contribution in [2.24, 2.45) is 11.8 Å². The van der Waals surface area contributed by atoms with E-state index < -0.39 is 29.1 Å². The van der Waals surface area contributed by atoms with Crippen LogP contribution in [0.3, 0.4) is 0 Å². The Balaban J connectivity index is 1.56. The van der Waals surface area contributed by atoms with Gasteiger partial charge in [0.05, 0.1) is 22.5 Å². The topological polar surface area (TPSA) is 69.7 Å². The minimum atomic E-state index is -1.29. The second-order valence-corrected chi connectivity index (χ2v) is 9.27. The molecule has 0 radical (unpaired) electrons. The normalized spacial score (nSPS) is 31.4. The Morgan fingerprint density at radius 3 is 2.65 bits per heavy atom. The van der Waals surface area contributed by atoms with Gasteiger partial charge in [-0.25, -0.2) is 9.29 Å². The van der Waals surface area contributed by atoms with Crippen molar-refractivity contribution < 1.29 is 18.8 Å². The van der Waals surface area contributed by atoms with Crippen LogP contribution in [0.4, 0.5) is 15.8 Å². The van der Waals surface area contributed by atoms with E-state index in [-0.39, 0.29) is 28.6 Å². The highest BCUT2D eigenvalue weighted by molar-refractivity contribution is 6.32. The number of halogens is 3. The molecule has 31 heavy (non-hydrogen) atoms. The summed E-state index contributed by atoms with van der Waals surface area (Å²) in [7, 11) is 0. The van der Waals surface area contributed by atoms with Gasteiger partial charge in [0.1, 0.15) is 11.4 Å². The molecule has 0 aromatic heterocycles. The smallest absolute Gasteiger partial charge is 0.250 e. The van der Waals surface area contributed by atoms with Gasteiger partial charge in [0.25, 0.3) is 0 Å². The highest BCUT2D eigenvalue weighted by atomic mass is 35.5. The molecule has 0 aliphatic carbocycles. The van der Waals surface area contributed by atoms with Crippen molar-refractivity contribution in [3.63, 3.8) is 0 Å². The molecule has 4 aliphatic heterocycles. The minimum Gasteiger partial charge on any atom is -0.324 e. The molecule has 9 heteroatoms. The molecular formula is C22H16Cl2FN3O3. The molecule has 0 saturated carbocycles. The number of imide groups is 1. The van der Waals surface area contributed by atoms with E-state index in [0.29, 0.717) is 29.2 Å². The van der Waals surface area contributed by atoms with Crippen molar-refractivity contribution in [1.82, 2.24) is 4.90 Å². The van der Waals surface area contributed by atoms with Crippen molar-refractivity contribution in [2.75, 3.05) is 16.8 Å². The van der Waals surface area contributed by atoms with E-state index >= 15 is 0 Å². The molecule has 0 unspecified atom stereocenters. The van der Waals surface area contributed by atoms with E-state index in [4.69, 9.17) is 23.2 Å². The fourth-order valence-corrected chi connectivity index (χ4v) is 6.40. The standard InChI is InChI=1S/C22H16Cl2FN3O3/c23-10-3-6-15-12(8-10)22(21(31)26-15)18-17(16-2-1-7-27(16)22)19(29)28(20(18)30)11-4-5-14(25)13(24)9-11/h3-6,8-9,16-18H,1-2,7H2,(H,26,31)/t16-,17+,18+,22-/m0/s1. The molecule has 2 aromatic rings. The summed E-state index contributed by atoms with van der Waals surface area (Å²) in [5, 5.41) is 3.17. The Kier molecular flexibility index (Phi) is 3.89. The maximum absolute atomic E-state index is 13.8. The quantitative estimate of drug-likeness (QED) is 0.661. The molecule has 0 bridgehead atoms. The van der Waals surface area contributed by atoms with Crippen LogP contribution in [0.25, 0.3) is 0 Å². The Labute approximate surface area is 186 Å². The molecule has 1 spiro atoms. The molecule has 6 nitrogen and oxygen atoms in total. The van der Waals surface area contributed by atoms with Crippen molar-refractivity contribution >= 4 is 52.3 Å². The van der Waals surface area contributed by atoms with Crippen molar-refractivity contribution in [1.29, 1.82) is 0 Å². The Morgan fingerprint density at radius 2 is 1.87 bits per heavy atom. The molecule has 3 amide bonds. The van der Waals surface area contributed by atoms with Crippen LogP contribution in [-0.4, -0.2) is 35.2 Å². The van der Waals surface area contributed by atoms with E-state index in [0.717, 1.165) is 17.4 Å². The number of nitrogens with zero attached hydrogens (tertiary/aromatic N) is 2. The van der Waals surface area contributed by atoms with Gasteiger partial charge in [-0.3, -0.25) is 19.3 Å². The average Bonchev–Trinajstić information content (AvgIpc) is 3.43. The zero-order chi connectivity index (χ0) is 21.7. The fourth-order valence-electron chi connectivity index (χ4n) is 6.05. The summed E-state index contributed by atoms with van der Waals surface area (Å²) in [5.74, 6) is -3.38. The molecule has 1 N–H and O–H groups in total. The van der Waals surface area contributed by atoms with Crippen LogP contribution in [-0.2, 0) is 19.9 Å². The summed E-state index contributed by atoms with van der Waals surface area (Å²) in [6.45, 7) is 0.611. The lowest BCUT2D eigenvalue weighted by Crippen LogP contribution is -2.54. The van der Waals surface area contributed by atoms with Crippen LogP contribution < -0.4 is 10.2 Å². The third kappa shape index (κ3) is 2.24. The Bertz CT molecular complexity index is 1200. The van der Waals surface area contributed by atoms with Gasteiger partial charge in [-0.05, 0) is 55.8 Å². The number of amides is 3. The monoisotopic (exact) mass is 459 g/mol. The van der Waals surface area contributed by atoms with Crippen molar-refractivity contribution in [2.45, 2.75) is 24.4 Å². The summed E-state index contributed by atoms with van der Waals surface area (Å²) in [4.78, 5) is 43.9. The van der Waals surface area contributed by atoms with Gasteiger partial charge in [-0.2, -0.15) is 0 Å². The van der Waals surface area contributed by atoms with E-state index in [2.05, 4.69) is 5.32 Å². The molecular weight excluding hydrogens is 444 g/mol. The van der Waals surface area contributed by atoms with E-state index in [1.807, 2.05) is 4.90 Å². The van der Waals surface area contributed by atoms with Crippen LogP contribution in [0.5, 0.6) is 0 Å². The first kappa shape index (κ1) is 19.2. The summed E-state index contributed by atoms with van der Waals surface area (Å²) < 4.78 is 13.7. The molecule has 6 rings (SSSR count). The number of rotatable bonds is 1. The molecule has 158 valence electrons. The zero-order valence-corrected chi connectivity index (χ0v) is 17.6. The number of fused-ring (bicyclic) bond motifs is 7. The third-order valence-electron chi connectivity index (χ3n) is 7.12. The number of anilines is 2. The van der Waals surface area contributed by atoms with Crippen LogP contribution in [0, 0.1) is 17.7 Å². The first-order valence-electron chi connectivity index (χ1n) is 10.1. The third-order valence-corrected chi connectivity index (χ3v) is 7.64. The number of hydrogen-bond acceptors (Lipinski definition) is 4. The first-order chi connectivity index (χ1) is 14.9. The second-order valence-electron chi connectivity index (χ2n) is 8.43. The lowest BCUT2D eigenvalue weighted by atomic mass is 9.75. The maximum Gasteiger partial charge on any atom is 0.250 e. The number of hydrogen-bond donors (Lipinski definition) is 1. The minimum absolute atomic E-state index is 0.178. The van der Waals surface area contributed by atoms with Gasteiger partial charge in [-0.1, -0.05) is 23.2 Å². The molecule has 2 aromatic carbocycles. The molecule has 4 heterocycles. The van der Waals surface area contributed by atoms with Gasteiger partial charge >= 0.3 is 0 Å². The predicted octanol–water partition coefficient (Wildman–Crippen LogP) is 3.56. The second kappa shape index (κ2) is 6.28. The van der Waals surface area contributed by atoms with E-state index in [1.165, 1.54) is 12.1 Å². The molecule has 4 atom stereocenters. The van der Waals surface area contributed by atoms with Gasteiger partial charge in [0, 0.05) is 22.3 Å². The predicted molar refractivity (Wildman–Crippen MR) is 112 cm³/mol. The van der Waals surface area contributed by atoms with Gasteiger partial charge < -0.3 is 5.32 Å². The fraction of sp³-hybridized carbons (Fsp3) is 0.318. The number of carbonyl (C=O) groups excluding carboxylic acids is 3. The van der Waals surface area contributed by atoms with Crippen LogP contribution >= 0.6 is 23.2 Å². The summed E-state index contributed by atoms with van der Waals surface area (Å²) in [6.07, 6.45) is 1.53. The summed E-state index contributed by atoms with van der Waals surface area (Å²) >= 11 is 12.2. The number of carbonyl (C=O) groups is 3. The highest BCUT2D eigenvalue weighted by Gasteiger charge is 2.74. The first-order valence-corrected chi connectivity index (χ1v) is 10.8. The van der Waals surface area contributed by atoms with Crippen LogP contribution in [0.1, 0.15) is 18.4 Å². The average molecular weight is 460 g/mol. The summed E-state index contributed by atoms with van der Waals surface area (Å²) in [5.41, 5.74) is 0.145. The van der Waals surface area contributed by atoms with Crippen LogP contribution in [0.15, 0.2) is 36.4 Å². The van der Waals surface area contributed by atoms with Gasteiger partial charge in [0.2, 0.25) is 17.7 Å². The van der Waals surface area contributed by atoms with Gasteiger partial charge in [-0.15, -0.1) is 0 Å². The lowest BCUT2D eigenvalue weighted by molar-refractivity contribution is -0.135. The number of nitrogens with one attached hydrogen (secondary N) is 1. The molecule has 3 saturated heterocycles. The van der Waals surface area contributed by atoms with E-state index in [9.17, 15) is 18.8 Å². The van der Waals surface area contributed by atoms with Gasteiger partial charge in [0.15, 0.2) is 0 Å². The SMILES string of the molecule is O=C1[C@@H]2[C@@H]3CCCN3[C@]3(C(=O)Nc4ccc(Cl)cc43)[C@H]2C(=O)N1c1ccc(F)c(Cl)c1. The largest absolute Gasteiger partial charge is 0.324 e. The molecule has 3 fully saturated rings. The van der Waals surface area contributed by atoms with Crippen LogP contribution in [0.2, 0.25) is 10.0 Å². The van der Waals surface area contributed by atoms with Crippen molar-refractivity contribution in [3.05, 3.63) is 57.8 Å². The molecule has 4 aliphatic rings. The highest BCUT2D eigenvalue weighted by Crippen LogP contribution is 2.60. The lowest BCUT2D eigenvalue weighted by Gasteiger charge is -2.36. The summed E-state index contributed by atoms with van der Waals surface area (Å²) in [6, 6.07) is 8.63. The maximum atomic E-state index is 13.8. The van der Waals surface area contributed by atoms with Crippen molar-refractivity contribution in [3.8, 4) is 0 Å². The number of benzene rings is 2.